The number of pyridine rings is 2. The summed E-state index contributed by atoms with van der Waals surface area (Å²) >= 11 is 6.43. The molecule has 136 valence electrons. The number of rotatable bonds is 3. The summed E-state index contributed by atoms with van der Waals surface area (Å²) in [7, 11) is 0. The highest BCUT2D eigenvalue weighted by Crippen LogP contribution is 2.35. The number of aryl methyl sites for hydroxylation is 1. The van der Waals surface area contributed by atoms with Crippen LogP contribution in [0.1, 0.15) is 29.3 Å². The maximum atomic E-state index is 14.6. The van der Waals surface area contributed by atoms with E-state index in [4.69, 9.17) is 17.3 Å². The molecule has 0 spiro atoms. The molecule has 0 radical (unpaired) electrons. The third-order valence-corrected chi connectivity index (χ3v) is 4.71. The van der Waals surface area contributed by atoms with Crippen molar-refractivity contribution in [2.75, 3.05) is 18.0 Å². The van der Waals surface area contributed by atoms with Crippen molar-refractivity contribution in [2.45, 2.75) is 25.8 Å². The lowest BCUT2D eigenvalue weighted by atomic mass is 10.1. The van der Waals surface area contributed by atoms with Gasteiger partial charge in [-0.2, -0.15) is 0 Å². The van der Waals surface area contributed by atoms with Crippen molar-refractivity contribution in [1.29, 1.82) is 0 Å². The molecule has 0 aliphatic carbocycles. The zero-order valence-electron chi connectivity index (χ0n) is 13.5. The average Bonchev–Trinajstić information content (AvgIpc) is 2.94. The number of aromatic carboxylic acids is 1. The van der Waals surface area contributed by atoms with Crippen LogP contribution >= 0.6 is 24.0 Å². The summed E-state index contributed by atoms with van der Waals surface area (Å²) in [6.45, 7) is 2.87. The minimum atomic E-state index is -1.35. The van der Waals surface area contributed by atoms with Crippen LogP contribution in [0.25, 0.3) is 5.52 Å². The number of hydrogen-bond donors (Lipinski definition) is 2. The van der Waals surface area contributed by atoms with E-state index >= 15 is 0 Å². The fraction of sp³-hybridized carbons (Fsp3) is 0.375. The SMILES string of the molecule is CCc1cc(C(=O)O)c(=O)n2cc(F)c(N3CCC(N)C3)c(Cl)c12.Cl. The minimum absolute atomic E-state index is 0. The number of carboxylic acid groups (broad SMARTS) is 1. The fourth-order valence-corrected chi connectivity index (χ4v) is 3.58. The Hall–Kier alpha value is -1.83. The van der Waals surface area contributed by atoms with Crippen molar-refractivity contribution in [3.63, 3.8) is 0 Å². The molecule has 1 aliphatic rings. The number of anilines is 1. The van der Waals surface area contributed by atoms with Gasteiger partial charge in [-0.05, 0) is 24.5 Å². The first-order valence-corrected chi connectivity index (χ1v) is 8.03. The Morgan fingerprint density at radius 2 is 2.20 bits per heavy atom. The predicted octanol–water partition coefficient (Wildman–Crippen LogP) is 2.31. The molecular weight excluding hydrogens is 372 g/mol. The molecule has 0 bridgehead atoms. The molecule has 1 unspecified atom stereocenters. The van der Waals surface area contributed by atoms with E-state index < -0.39 is 22.9 Å². The standard InChI is InChI=1S/C16H17ClFN3O3.ClH/c1-2-8-5-10(16(23)24)15(22)21-7-11(18)14(12(17)13(8)21)20-4-3-9(19)6-20;/h5,7,9H,2-4,6,19H2,1H3,(H,23,24);1H. The van der Waals surface area contributed by atoms with E-state index in [0.717, 1.165) is 17.0 Å². The number of hydrogen-bond acceptors (Lipinski definition) is 4. The molecule has 1 fully saturated rings. The largest absolute Gasteiger partial charge is 0.477 e. The molecule has 3 N–H and O–H groups in total. The molecule has 6 nitrogen and oxygen atoms in total. The molecule has 3 heterocycles. The third-order valence-electron chi connectivity index (χ3n) is 4.35. The van der Waals surface area contributed by atoms with Crippen molar-refractivity contribution in [2.24, 2.45) is 5.73 Å². The summed E-state index contributed by atoms with van der Waals surface area (Å²) in [5.74, 6) is -2.02. The lowest BCUT2D eigenvalue weighted by molar-refractivity contribution is 0.0694. The topological polar surface area (TPSA) is 88.0 Å². The van der Waals surface area contributed by atoms with Gasteiger partial charge in [0.1, 0.15) is 5.56 Å². The summed E-state index contributed by atoms with van der Waals surface area (Å²) in [5, 5.41) is 9.28. The Morgan fingerprint density at radius 3 is 2.72 bits per heavy atom. The highest BCUT2D eigenvalue weighted by Gasteiger charge is 2.27. The quantitative estimate of drug-likeness (QED) is 0.840. The van der Waals surface area contributed by atoms with Crippen molar-refractivity contribution in [3.05, 3.63) is 44.6 Å². The van der Waals surface area contributed by atoms with Crippen LogP contribution in [-0.4, -0.2) is 34.6 Å². The molecular formula is C16H18Cl2FN3O3. The Kier molecular flexibility index (Phi) is 5.61. The average molecular weight is 390 g/mol. The van der Waals surface area contributed by atoms with Crippen LogP contribution in [-0.2, 0) is 6.42 Å². The molecule has 1 aliphatic heterocycles. The van der Waals surface area contributed by atoms with Crippen molar-refractivity contribution in [3.8, 4) is 0 Å². The second kappa shape index (κ2) is 7.19. The van der Waals surface area contributed by atoms with Crippen LogP contribution in [0.3, 0.4) is 0 Å². The van der Waals surface area contributed by atoms with Crippen LogP contribution in [0, 0.1) is 5.82 Å². The molecule has 3 rings (SSSR count). The summed E-state index contributed by atoms with van der Waals surface area (Å²) in [4.78, 5) is 25.4. The first kappa shape index (κ1) is 19.5. The number of fused-ring (bicyclic) bond motifs is 1. The van der Waals surface area contributed by atoms with E-state index in [9.17, 15) is 19.1 Å². The monoisotopic (exact) mass is 389 g/mol. The molecule has 1 atom stereocenters. The van der Waals surface area contributed by atoms with E-state index in [1.54, 1.807) is 4.90 Å². The Morgan fingerprint density at radius 1 is 1.52 bits per heavy atom. The molecule has 9 heteroatoms. The van der Waals surface area contributed by atoms with E-state index in [2.05, 4.69) is 0 Å². The van der Waals surface area contributed by atoms with Gasteiger partial charge in [-0.15, -0.1) is 12.4 Å². The summed E-state index contributed by atoms with van der Waals surface area (Å²) < 4.78 is 15.6. The van der Waals surface area contributed by atoms with Crippen LogP contribution in [0.2, 0.25) is 5.02 Å². The first-order valence-electron chi connectivity index (χ1n) is 7.65. The van der Waals surface area contributed by atoms with Crippen LogP contribution in [0.5, 0.6) is 0 Å². The maximum Gasteiger partial charge on any atom is 0.341 e. The first-order chi connectivity index (χ1) is 11.3. The zero-order valence-corrected chi connectivity index (χ0v) is 15.0. The number of nitrogens with two attached hydrogens (primary N) is 1. The van der Waals surface area contributed by atoms with Crippen molar-refractivity contribution < 1.29 is 14.3 Å². The molecule has 0 amide bonds. The number of nitrogens with zero attached hydrogens (tertiary/aromatic N) is 2. The van der Waals surface area contributed by atoms with E-state index in [-0.39, 0.29) is 29.2 Å². The number of carbonyl (C=O) groups is 1. The van der Waals surface area contributed by atoms with E-state index in [1.807, 2.05) is 6.92 Å². The molecule has 25 heavy (non-hydrogen) atoms. The molecule has 0 saturated carbocycles. The van der Waals surface area contributed by atoms with Crippen molar-refractivity contribution >= 4 is 41.2 Å². The van der Waals surface area contributed by atoms with Gasteiger partial charge in [0.15, 0.2) is 5.82 Å². The van der Waals surface area contributed by atoms with E-state index in [0.29, 0.717) is 30.6 Å². The van der Waals surface area contributed by atoms with Gasteiger partial charge in [-0.3, -0.25) is 9.20 Å². The van der Waals surface area contributed by atoms with Gasteiger partial charge in [0.2, 0.25) is 0 Å². The second-order valence-electron chi connectivity index (χ2n) is 5.90. The summed E-state index contributed by atoms with van der Waals surface area (Å²) in [6, 6.07) is 1.25. The van der Waals surface area contributed by atoms with Gasteiger partial charge >= 0.3 is 5.97 Å². The van der Waals surface area contributed by atoms with Gasteiger partial charge in [-0.1, -0.05) is 18.5 Å². The molecule has 2 aromatic heterocycles. The van der Waals surface area contributed by atoms with Crippen LogP contribution in [0.4, 0.5) is 10.1 Å². The summed E-state index contributed by atoms with van der Waals surface area (Å²) in [6.07, 6.45) is 2.19. The van der Waals surface area contributed by atoms with E-state index in [1.165, 1.54) is 6.07 Å². The number of aromatic nitrogens is 1. The number of carboxylic acids is 1. The fourth-order valence-electron chi connectivity index (χ4n) is 3.15. The van der Waals surface area contributed by atoms with Gasteiger partial charge in [0.05, 0.1) is 22.4 Å². The van der Waals surface area contributed by atoms with Gasteiger partial charge in [0.25, 0.3) is 5.56 Å². The van der Waals surface area contributed by atoms with Gasteiger partial charge < -0.3 is 15.7 Å². The normalized spacial score (nSPS) is 17.0. The van der Waals surface area contributed by atoms with Gasteiger partial charge in [0, 0.05) is 19.1 Å². The zero-order chi connectivity index (χ0) is 17.6. The smallest absolute Gasteiger partial charge is 0.341 e. The molecule has 0 aromatic carbocycles. The van der Waals surface area contributed by atoms with Gasteiger partial charge in [-0.25, -0.2) is 9.18 Å². The highest BCUT2D eigenvalue weighted by molar-refractivity contribution is 6.36. The number of halogens is 3. The van der Waals surface area contributed by atoms with Crippen LogP contribution < -0.4 is 16.2 Å². The highest BCUT2D eigenvalue weighted by atomic mass is 35.5. The lowest BCUT2D eigenvalue weighted by Crippen LogP contribution is -2.28. The Bertz CT molecular complexity index is 901. The molecule has 1 saturated heterocycles. The van der Waals surface area contributed by atoms with Crippen LogP contribution in [0.15, 0.2) is 17.1 Å². The second-order valence-corrected chi connectivity index (χ2v) is 6.28. The predicted molar refractivity (Wildman–Crippen MR) is 97.0 cm³/mol. The molecule has 2 aromatic rings. The lowest BCUT2D eigenvalue weighted by Gasteiger charge is -2.22. The minimum Gasteiger partial charge on any atom is -0.477 e. The third kappa shape index (κ3) is 3.19. The Labute approximate surface area is 154 Å². The maximum absolute atomic E-state index is 14.6. The Balaban J connectivity index is 0.00000225. The van der Waals surface area contributed by atoms with Crippen molar-refractivity contribution in [1.82, 2.24) is 4.40 Å². The summed E-state index contributed by atoms with van der Waals surface area (Å²) in [5.41, 5.74) is 5.79.